The van der Waals surface area contributed by atoms with E-state index in [1.165, 1.54) is 42.5 Å². The maximum absolute atomic E-state index is 13.7. The Balaban J connectivity index is 1.66. The molecule has 0 aromatic heterocycles. The molecule has 5 nitrogen and oxygen atoms in total. The summed E-state index contributed by atoms with van der Waals surface area (Å²) in [6, 6.07) is 10.9. The lowest BCUT2D eigenvalue weighted by Crippen LogP contribution is -2.27. The average Bonchev–Trinajstić information content (AvgIpc) is 2.79. The molecule has 3 aromatic carbocycles. The first-order valence-corrected chi connectivity index (χ1v) is 10.4. The van der Waals surface area contributed by atoms with Gasteiger partial charge in [-0.1, -0.05) is 37.1 Å². The van der Waals surface area contributed by atoms with E-state index < -0.39 is 46.9 Å². The molecule has 3 aromatic rings. The zero-order valence-electron chi connectivity index (χ0n) is 17.9. The lowest BCUT2D eigenvalue weighted by Gasteiger charge is -2.19. The number of hydrogen-bond donors (Lipinski definition) is 3. The molecule has 2 N–H and O–H groups in total. The van der Waals surface area contributed by atoms with Crippen molar-refractivity contribution in [2.75, 3.05) is 10.6 Å². The molecule has 0 saturated carbocycles. The molecule has 3 amide bonds. The summed E-state index contributed by atoms with van der Waals surface area (Å²) >= 11 is 3.94. The van der Waals surface area contributed by atoms with Crippen LogP contribution in [0, 0.1) is 5.82 Å². The van der Waals surface area contributed by atoms with Crippen LogP contribution in [0.25, 0.3) is 0 Å². The van der Waals surface area contributed by atoms with Crippen LogP contribution < -0.4 is 10.6 Å². The number of rotatable bonds is 5. The normalized spacial score (nSPS) is 11.7. The fraction of sp³-hybridized carbons (Fsp3) is 0.130. The monoisotopic (exact) mass is 531 g/mol. The maximum Gasteiger partial charge on any atom is 0.416 e. The molecule has 0 atom stereocenters. The molecule has 190 valence electrons. The van der Waals surface area contributed by atoms with Gasteiger partial charge in [0.2, 0.25) is 0 Å². The predicted molar refractivity (Wildman–Crippen MR) is 121 cm³/mol. The molecule has 0 saturated heterocycles. The highest BCUT2D eigenvalue weighted by atomic mass is 32.1. The minimum absolute atomic E-state index is 0.0549. The van der Waals surface area contributed by atoms with Crippen molar-refractivity contribution in [3.05, 3.63) is 94.8 Å². The molecular weight excluding hydrogens is 515 g/mol. The third-order valence-corrected chi connectivity index (χ3v) is 5.06. The third-order valence-electron chi connectivity index (χ3n) is 4.74. The van der Waals surface area contributed by atoms with Gasteiger partial charge in [0.25, 0.3) is 5.91 Å². The number of nitrogens with zero attached hydrogens (tertiary/aromatic N) is 1. The third kappa shape index (κ3) is 6.90. The second kappa shape index (κ2) is 10.5. The summed E-state index contributed by atoms with van der Waals surface area (Å²) in [7, 11) is 0. The van der Waals surface area contributed by atoms with E-state index in [-0.39, 0.29) is 18.2 Å². The maximum atomic E-state index is 13.7. The first-order chi connectivity index (χ1) is 16.7. The summed E-state index contributed by atoms with van der Waals surface area (Å²) in [5.74, 6) is -1.39. The van der Waals surface area contributed by atoms with E-state index in [1.807, 2.05) is 5.32 Å². The predicted octanol–water partition coefficient (Wildman–Crippen LogP) is 6.99. The fourth-order valence-corrected chi connectivity index (χ4v) is 3.21. The Labute approximate surface area is 205 Å². The summed E-state index contributed by atoms with van der Waals surface area (Å²) in [6.07, 6.45) is -10.1. The van der Waals surface area contributed by atoms with Gasteiger partial charge in [-0.2, -0.15) is 26.3 Å². The molecule has 0 unspecified atom stereocenters. The molecule has 0 fully saturated rings. The van der Waals surface area contributed by atoms with Crippen molar-refractivity contribution in [2.45, 2.75) is 18.9 Å². The minimum Gasteiger partial charge on any atom is -0.322 e. The molecule has 0 aliphatic heterocycles. The number of halogens is 7. The first-order valence-electron chi connectivity index (χ1n) is 9.96. The number of carbonyl (C=O) groups is 2. The van der Waals surface area contributed by atoms with Gasteiger partial charge >= 0.3 is 18.4 Å². The van der Waals surface area contributed by atoms with Crippen LogP contribution in [0.1, 0.15) is 27.0 Å². The van der Waals surface area contributed by atoms with Crippen LogP contribution in [-0.2, 0) is 18.9 Å². The number of alkyl halides is 6. The number of nitrogens with one attached hydrogen (secondary N) is 2. The van der Waals surface area contributed by atoms with Gasteiger partial charge in [0, 0.05) is 11.4 Å². The smallest absolute Gasteiger partial charge is 0.322 e. The van der Waals surface area contributed by atoms with Crippen LogP contribution in [0.4, 0.5) is 46.9 Å². The van der Waals surface area contributed by atoms with Crippen LogP contribution in [0.2, 0.25) is 0 Å². The molecule has 0 spiro atoms. The van der Waals surface area contributed by atoms with Crippen molar-refractivity contribution in [3.63, 3.8) is 0 Å². The zero-order chi connectivity index (χ0) is 26.7. The highest BCUT2D eigenvalue weighted by Crippen LogP contribution is 2.37. The van der Waals surface area contributed by atoms with Gasteiger partial charge < -0.3 is 10.6 Å². The number of thiol groups is 1. The molecule has 36 heavy (non-hydrogen) atoms. The summed E-state index contributed by atoms with van der Waals surface area (Å²) in [4.78, 5) is 24.5. The molecule has 3 rings (SSSR count). The fourth-order valence-electron chi connectivity index (χ4n) is 3.00. The van der Waals surface area contributed by atoms with Gasteiger partial charge in [-0.3, -0.25) is 9.10 Å². The van der Waals surface area contributed by atoms with E-state index in [9.17, 15) is 40.3 Å². The second-order valence-corrected chi connectivity index (χ2v) is 7.90. The Morgan fingerprint density at radius 1 is 0.778 bits per heavy atom. The van der Waals surface area contributed by atoms with Gasteiger partial charge in [0.1, 0.15) is 5.82 Å². The van der Waals surface area contributed by atoms with Crippen molar-refractivity contribution in [1.29, 1.82) is 0 Å². The summed E-state index contributed by atoms with van der Waals surface area (Å²) in [5.41, 5.74) is -3.26. The van der Waals surface area contributed by atoms with Crippen LogP contribution >= 0.6 is 12.8 Å². The number of benzene rings is 3. The molecule has 0 heterocycles. The quantitative estimate of drug-likeness (QED) is 0.245. The van der Waals surface area contributed by atoms with Crippen LogP contribution in [-0.4, -0.2) is 16.2 Å². The number of amides is 3. The van der Waals surface area contributed by atoms with E-state index in [0.29, 0.717) is 23.4 Å². The van der Waals surface area contributed by atoms with Crippen molar-refractivity contribution in [2.24, 2.45) is 0 Å². The van der Waals surface area contributed by atoms with Gasteiger partial charge in [-0.15, -0.1) is 0 Å². The van der Waals surface area contributed by atoms with E-state index >= 15 is 0 Å². The molecule has 0 radical (unpaired) electrons. The lowest BCUT2D eigenvalue weighted by atomic mass is 10.1. The van der Waals surface area contributed by atoms with Crippen molar-refractivity contribution < 1.29 is 40.3 Å². The van der Waals surface area contributed by atoms with Crippen LogP contribution in [0.15, 0.2) is 66.7 Å². The van der Waals surface area contributed by atoms with Crippen molar-refractivity contribution in [1.82, 2.24) is 4.31 Å². The van der Waals surface area contributed by atoms with Crippen molar-refractivity contribution in [3.8, 4) is 0 Å². The number of carbonyl (C=O) groups excluding carboxylic acids is 2. The highest BCUT2D eigenvalue weighted by molar-refractivity contribution is 7.78. The minimum atomic E-state index is -5.06. The van der Waals surface area contributed by atoms with Gasteiger partial charge in [-0.05, 0) is 48.0 Å². The van der Waals surface area contributed by atoms with Gasteiger partial charge in [-0.25, -0.2) is 9.18 Å². The zero-order valence-corrected chi connectivity index (χ0v) is 18.8. The Kier molecular flexibility index (Phi) is 7.82. The van der Waals surface area contributed by atoms with Crippen molar-refractivity contribution >= 4 is 36.1 Å². The standard InChI is InChI=1S/C23H16F7N3O2S/c24-19-4-2-1-3-18(19)20(34)31-16-7-5-13(6-8-16)12-33(36)21(35)32-17-10-14(22(25,26)27)9-15(11-17)23(28,29)30/h1-11,36H,12H2,(H,31,34)(H,32,35). The SMILES string of the molecule is O=C(Nc1ccc(CN(S)C(=O)Nc2cc(C(F)(F)F)cc(C(F)(F)F)c2)cc1)c1ccccc1F. The van der Waals surface area contributed by atoms with Gasteiger partial charge in [0.15, 0.2) is 0 Å². The van der Waals surface area contributed by atoms with E-state index in [0.717, 1.165) is 10.4 Å². The van der Waals surface area contributed by atoms with Crippen LogP contribution in [0.3, 0.4) is 0 Å². The lowest BCUT2D eigenvalue weighted by molar-refractivity contribution is -0.143. The molecule has 0 bridgehead atoms. The molecular formula is C23H16F7N3O2S. The number of urea groups is 1. The average molecular weight is 531 g/mol. The second-order valence-electron chi connectivity index (χ2n) is 7.41. The molecule has 13 heteroatoms. The van der Waals surface area contributed by atoms with Gasteiger partial charge in [0.05, 0.1) is 23.2 Å². The molecule has 0 aliphatic carbocycles. The van der Waals surface area contributed by atoms with Crippen LogP contribution in [0.5, 0.6) is 0 Å². The topological polar surface area (TPSA) is 61.4 Å². The number of anilines is 2. The highest BCUT2D eigenvalue weighted by Gasteiger charge is 2.37. The Morgan fingerprint density at radius 3 is 1.86 bits per heavy atom. The number of hydrogen-bond acceptors (Lipinski definition) is 3. The summed E-state index contributed by atoms with van der Waals surface area (Å²) < 4.78 is 92.4. The summed E-state index contributed by atoms with van der Waals surface area (Å²) in [5, 5.41) is 4.46. The Morgan fingerprint density at radius 2 is 1.33 bits per heavy atom. The van der Waals surface area contributed by atoms with E-state index in [4.69, 9.17) is 0 Å². The largest absolute Gasteiger partial charge is 0.416 e. The summed E-state index contributed by atoms with van der Waals surface area (Å²) in [6.45, 7) is -0.193. The Bertz CT molecular complexity index is 1230. The first kappa shape index (κ1) is 26.9. The Hall–Kier alpha value is -3.74. The van der Waals surface area contributed by atoms with E-state index in [2.05, 4.69) is 18.1 Å². The van der Waals surface area contributed by atoms with E-state index in [1.54, 1.807) is 0 Å². The molecule has 0 aliphatic rings.